The van der Waals surface area contributed by atoms with Crippen LogP contribution >= 0.6 is 35.0 Å². The zero-order valence-electron chi connectivity index (χ0n) is 19.0. The average molecular weight is 550 g/mol. The topological polar surface area (TPSA) is 66.5 Å². The van der Waals surface area contributed by atoms with Crippen LogP contribution in [0, 0.1) is 5.92 Å². The zero-order valence-corrected chi connectivity index (χ0v) is 22.1. The minimum absolute atomic E-state index is 0.161. The van der Waals surface area contributed by atoms with E-state index >= 15 is 0 Å². The molecular formula is C26H26Cl2N2O3S2. The van der Waals surface area contributed by atoms with Crippen molar-refractivity contribution in [3.8, 4) is 0 Å². The van der Waals surface area contributed by atoms with E-state index in [4.69, 9.17) is 23.2 Å². The molecule has 4 rings (SSSR count). The molecule has 1 fully saturated rings. The molecule has 0 aromatic heterocycles. The first-order chi connectivity index (χ1) is 16.8. The van der Waals surface area contributed by atoms with Crippen molar-refractivity contribution in [3.05, 3.63) is 94.0 Å². The number of nitrogens with one attached hydrogen (secondary N) is 1. The second-order valence-electron chi connectivity index (χ2n) is 8.49. The molecule has 0 radical (unpaired) electrons. The van der Waals surface area contributed by atoms with Gasteiger partial charge in [0.25, 0.3) is 0 Å². The second-order valence-corrected chi connectivity index (χ2v) is 12.3. The van der Waals surface area contributed by atoms with E-state index < -0.39 is 15.9 Å². The summed E-state index contributed by atoms with van der Waals surface area (Å²) in [5, 5.41) is 3.65. The van der Waals surface area contributed by atoms with Gasteiger partial charge in [-0.25, -0.2) is 12.7 Å². The summed E-state index contributed by atoms with van der Waals surface area (Å²) >= 11 is 13.7. The normalized spacial score (nSPS) is 16.7. The third-order valence-corrected chi connectivity index (χ3v) is 9.49. The number of halogens is 2. The van der Waals surface area contributed by atoms with E-state index in [0.717, 1.165) is 11.3 Å². The van der Waals surface area contributed by atoms with Crippen molar-refractivity contribution in [2.24, 2.45) is 5.92 Å². The fourth-order valence-corrected chi connectivity index (χ4v) is 6.75. The Labute approximate surface area is 220 Å². The fraction of sp³-hybridized carbons (Fsp3) is 0.269. The molecule has 1 atom stereocenters. The summed E-state index contributed by atoms with van der Waals surface area (Å²) in [5.74, 6) is 0.0965. The molecule has 0 spiro atoms. The SMILES string of the molecule is O=C(Nc1ccc(CSc2ccccc2)cc1)C1CCCN(S(=O)(=O)Cc2ccc(Cl)c(Cl)c2)C1. The molecule has 35 heavy (non-hydrogen) atoms. The summed E-state index contributed by atoms with van der Waals surface area (Å²) in [7, 11) is -3.59. The summed E-state index contributed by atoms with van der Waals surface area (Å²) in [6, 6.07) is 22.8. The first kappa shape index (κ1) is 26.0. The fourth-order valence-electron chi connectivity index (χ4n) is 3.95. The number of sulfonamides is 1. The zero-order chi connectivity index (χ0) is 24.8. The number of benzene rings is 3. The maximum atomic E-state index is 13.0. The summed E-state index contributed by atoms with van der Waals surface area (Å²) in [5.41, 5.74) is 2.44. The number of anilines is 1. The largest absolute Gasteiger partial charge is 0.326 e. The van der Waals surface area contributed by atoms with Crippen LogP contribution in [0.3, 0.4) is 0 Å². The lowest BCUT2D eigenvalue weighted by Gasteiger charge is -2.31. The van der Waals surface area contributed by atoms with Crippen molar-refractivity contribution < 1.29 is 13.2 Å². The summed E-state index contributed by atoms with van der Waals surface area (Å²) in [6.07, 6.45) is 1.28. The molecule has 9 heteroatoms. The lowest BCUT2D eigenvalue weighted by atomic mass is 9.98. The van der Waals surface area contributed by atoms with Gasteiger partial charge in [0.15, 0.2) is 0 Å². The van der Waals surface area contributed by atoms with Gasteiger partial charge >= 0.3 is 0 Å². The Balaban J connectivity index is 1.32. The molecular weight excluding hydrogens is 523 g/mol. The van der Waals surface area contributed by atoms with Gasteiger partial charge in [0.05, 0.1) is 21.7 Å². The Bertz CT molecular complexity index is 1270. The Morgan fingerprint density at radius 1 is 0.971 bits per heavy atom. The number of piperidine rings is 1. The van der Waals surface area contributed by atoms with Gasteiger partial charge in [-0.2, -0.15) is 0 Å². The molecule has 1 heterocycles. The van der Waals surface area contributed by atoms with Gasteiger partial charge in [0, 0.05) is 29.4 Å². The molecule has 3 aromatic carbocycles. The smallest absolute Gasteiger partial charge is 0.228 e. The van der Waals surface area contributed by atoms with Crippen molar-refractivity contribution in [2.45, 2.75) is 29.2 Å². The van der Waals surface area contributed by atoms with Crippen LogP contribution in [-0.4, -0.2) is 31.7 Å². The number of nitrogens with zero attached hydrogens (tertiary/aromatic N) is 1. The molecule has 0 bridgehead atoms. The summed E-state index contributed by atoms with van der Waals surface area (Å²) in [4.78, 5) is 14.1. The van der Waals surface area contributed by atoms with Crippen LogP contribution < -0.4 is 5.32 Å². The third kappa shape index (κ3) is 7.24. The van der Waals surface area contributed by atoms with Gasteiger partial charge in [-0.15, -0.1) is 11.8 Å². The van der Waals surface area contributed by atoms with E-state index in [-0.39, 0.29) is 18.2 Å². The predicted octanol–water partition coefficient (Wildman–Crippen LogP) is 6.47. The van der Waals surface area contributed by atoms with E-state index in [2.05, 4.69) is 17.4 Å². The van der Waals surface area contributed by atoms with Crippen molar-refractivity contribution in [3.63, 3.8) is 0 Å². The number of hydrogen-bond acceptors (Lipinski definition) is 4. The number of carbonyl (C=O) groups is 1. The van der Waals surface area contributed by atoms with Crippen molar-refractivity contribution in [2.75, 3.05) is 18.4 Å². The van der Waals surface area contributed by atoms with Crippen LogP contribution in [0.4, 0.5) is 5.69 Å². The van der Waals surface area contributed by atoms with Gasteiger partial charge in [-0.1, -0.05) is 59.6 Å². The van der Waals surface area contributed by atoms with E-state index in [0.29, 0.717) is 40.7 Å². The van der Waals surface area contributed by atoms with Crippen LogP contribution in [-0.2, 0) is 26.3 Å². The number of carbonyl (C=O) groups excluding carboxylic acids is 1. The Hall–Kier alpha value is -2.03. The van der Waals surface area contributed by atoms with Crippen molar-refractivity contribution in [1.29, 1.82) is 0 Å². The molecule has 1 unspecified atom stereocenters. The second kappa shape index (κ2) is 11.8. The van der Waals surface area contributed by atoms with Crippen molar-refractivity contribution >= 4 is 56.6 Å². The summed E-state index contributed by atoms with van der Waals surface area (Å²) in [6.45, 7) is 0.572. The standard InChI is InChI=1S/C26H26Cl2N2O3S2/c27-24-13-10-20(15-25(24)28)18-35(32,33)30-14-4-5-21(16-30)26(31)29-22-11-8-19(9-12-22)17-34-23-6-2-1-3-7-23/h1-3,6-13,15,21H,4-5,14,16-18H2,(H,29,31). The van der Waals surface area contributed by atoms with Crippen LogP contribution in [0.15, 0.2) is 77.7 Å². The lowest BCUT2D eigenvalue weighted by Crippen LogP contribution is -2.44. The van der Waals surface area contributed by atoms with E-state index in [1.807, 2.05) is 42.5 Å². The number of amides is 1. The van der Waals surface area contributed by atoms with Crippen molar-refractivity contribution in [1.82, 2.24) is 4.31 Å². The molecule has 5 nitrogen and oxygen atoms in total. The van der Waals surface area contributed by atoms with E-state index in [9.17, 15) is 13.2 Å². The molecule has 184 valence electrons. The van der Waals surface area contributed by atoms with Crippen LogP contribution in [0.1, 0.15) is 24.0 Å². The van der Waals surface area contributed by atoms with Gasteiger partial charge in [0.1, 0.15) is 0 Å². The minimum Gasteiger partial charge on any atom is -0.326 e. The molecule has 0 saturated carbocycles. The highest BCUT2D eigenvalue weighted by Crippen LogP contribution is 2.27. The Kier molecular flexibility index (Phi) is 8.78. The molecule has 0 aliphatic carbocycles. The molecule has 1 N–H and O–H groups in total. The predicted molar refractivity (Wildman–Crippen MR) is 144 cm³/mol. The first-order valence-electron chi connectivity index (χ1n) is 11.3. The van der Waals surface area contributed by atoms with Crippen LogP contribution in [0.2, 0.25) is 10.0 Å². The van der Waals surface area contributed by atoms with Gasteiger partial charge in [-0.3, -0.25) is 4.79 Å². The lowest BCUT2D eigenvalue weighted by molar-refractivity contribution is -0.120. The quantitative estimate of drug-likeness (QED) is 0.327. The summed E-state index contributed by atoms with van der Waals surface area (Å²) < 4.78 is 27.4. The van der Waals surface area contributed by atoms with Gasteiger partial charge in [0.2, 0.25) is 15.9 Å². The molecule has 1 amide bonds. The third-order valence-electron chi connectivity index (χ3n) is 5.85. The molecule has 1 aliphatic heterocycles. The number of hydrogen-bond donors (Lipinski definition) is 1. The van der Waals surface area contributed by atoms with E-state index in [1.165, 1.54) is 9.20 Å². The maximum absolute atomic E-state index is 13.0. The maximum Gasteiger partial charge on any atom is 0.228 e. The van der Waals surface area contributed by atoms with Crippen LogP contribution in [0.5, 0.6) is 0 Å². The minimum atomic E-state index is -3.59. The highest BCUT2D eigenvalue weighted by atomic mass is 35.5. The highest BCUT2D eigenvalue weighted by Gasteiger charge is 2.32. The van der Waals surface area contributed by atoms with Crippen LogP contribution in [0.25, 0.3) is 0 Å². The molecule has 1 saturated heterocycles. The molecule has 1 aliphatic rings. The average Bonchev–Trinajstić information content (AvgIpc) is 2.86. The Morgan fingerprint density at radius 2 is 1.69 bits per heavy atom. The Morgan fingerprint density at radius 3 is 2.40 bits per heavy atom. The number of thioether (sulfide) groups is 1. The number of rotatable bonds is 8. The first-order valence-corrected chi connectivity index (χ1v) is 14.6. The monoisotopic (exact) mass is 548 g/mol. The van der Waals surface area contributed by atoms with Gasteiger partial charge < -0.3 is 5.32 Å². The molecule has 3 aromatic rings. The highest BCUT2D eigenvalue weighted by molar-refractivity contribution is 7.98. The van der Waals surface area contributed by atoms with E-state index in [1.54, 1.807) is 30.0 Å². The van der Waals surface area contributed by atoms with Gasteiger partial charge in [-0.05, 0) is 60.4 Å².